The maximum Gasteiger partial charge on any atom is 0.260 e. The Morgan fingerprint density at radius 2 is 2.04 bits per heavy atom. The van der Waals surface area contributed by atoms with E-state index in [1.807, 2.05) is 20.0 Å². The van der Waals surface area contributed by atoms with Gasteiger partial charge >= 0.3 is 0 Å². The van der Waals surface area contributed by atoms with Crippen LogP contribution in [0.5, 0.6) is 0 Å². The van der Waals surface area contributed by atoms with Crippen LogP contribution in [0.1, 0.15) is 21.7 Å². The third-order valence-electron chi connectivity index (χ3n) is 3.71. The van der Waals surface area contributed by atoms with E-state index in [1.54, 1.807) is 29.9 Å². The Kier molecular flexibility index (Phi) is 3.69. The van der Waals surface area contributed by atoms with E-state index in [1.165, 1.54) is 10.9 Å². The summed E-state index contributed by atoms with van der Waals surface area (Å²) in [6.45, 7) is 2.29. The fourth-order valence-electron chi connectivity index (χ4n) is 2.45. The highest BCUT2D eigenvalue weighted by Crippen LogP contribution is 2.10. The summed E-state index contributed by atoms with van der Waals surface area (Å²) in [6.07, 6.45) is 1.45. The van der Waals surface area contributed by atoms with Gasteiger partial charge in [0.05, 0.1) is 35.2 Å². The van der Waals surface area contributed by atoms with Crippen molar-refractivity contribution < 1.29 is 4.79 Å². The third-order valence-corrected chi connectivity index (χ3v) is 3.71. The van der Waals surface area contributed by atoms with E-state index in [0.29, 0.717) is 23.0 Å². The number of benzene rings is 1. The van der Waals surface area contributed by atoms with E-state index < -0.39 is 0 Å². The molecule has 0 spiro atoms. The second kappa shape index (κ2) is 5.68. The molecule has 1 N–H and O–H groups in total. The molecule has 7 heteroatoms. The Morgan fingerprint density at radius 3 is 2.74 bits per heavy atom. The number of aromatic nitrogens is 4. The van der Waals surface area contributed by atoms with Gasteiger partial charge in [0.15, 0.2) is 0 Å². The van der Waals surface area contributed by atoms with Gasteiger partial charge in [-0.2, -0.15) is 5.10 Å². The van der Waals surface area contributed by atoms with E-state index in [2.05, 4.69) is 15.4 Å². The summed E-state index contributed by atoms with van der Waals surface area (Å²) >= 11 is 0. The molecule has 0 bridgehead atoms. The van der Waals surface area contributed by atoms with Gasteiger partial charge in [-0.25, -0.2) is 4.98 Å². The van der Waals surface area contributed by atoms with Gasteiger partial charge in [-0.05, 0) is 31.2 Å². The maximum absolute atomic E-state index is 12.3. The van der Waals surface area contributed by atoms with E-state index in [9.17, 15) is 9.59 Å². The highest BCUT2D eigenvalue weighted by molar-refractivity contribution is 5.97. The predicted molar refractivity (Wildman–Crippen MR) is 86.1 cm³/mol. The van der Waals surface area contributed by atoms with Crippen molar-refractivity contribution in [1.82, 2.24) is 24.6 Å². The number of carbonyl (C=O) groups is 1. The van der Waals surface area contributed by atoms with Crippen molar-refractivity contribution in [3.05, 3.63) is 57.9 Å². The minimum atomic E-state index is -0.215. The molecule has 0 saturated carbocycles. The lowest BCUT2D eigenvalue weighted by Gasteiger charge is -2.07. The largest absolute Gasteiger partial charge is 0.346 e. The quantitative estimate of drug-likeness (QED) is 0.779. The van der Waals surface area contributed by atoms with Gasteiger partial charge in [0.1, 0.15) is 0 Å². The highest BCUT2D eigenvalue weighted by atomic mass is 16.1. The van der Waals surface area contributed by atoms with Crippen LogP contribution >= 0.6 is 0 Å². The Morgan fingerprint density at radius 1 is 1.26 bits per heavy atom. The lowest BCUT2D eigenvalue weighted by molar-refractivity contribution is 0.0950. The van der Waals surface area contributed by atoms with E-state index in [0.717, 1.165) is 11.4 Å². The summed E-state index contributed by atoms with van der Waals surface area (Å²) < 4.78 is 3.15. The molecule has 0 atom stereocenters. The number of hydrogen-bond donors (Lipinski definition) is 1. The van der Waals surface area contributed by atoms with Gasteiger partial charge < -0.3 is 9.88 Å². The summed E-state index contributed by atoms with van der Waals surface area (Å²) in [5.74, 6) is -0.215. The molecular weight excluding hydrogens is 294 g/mol. The second-order valence-electron chi connectivity index (χ2n) is 5.48. The third kappa shape index (κ3) is 2.85. The molecule has 2 heterocycles. The lowest BCUT2D eigenvalue weighted by Crippen LogP contribution is -2.24. The van der Waals surface area contributed by atoms with Crippen LogP contribution in [0.15, 0.2) is 35.4 Å². The van der Waals surface area contributed by atoms with Crippen molar-refractivity contribution >= 4 is 16.8 Å². The molecule has 0 unspecified atom stereocenters. The summed E-state index contributed by atoms with van der Waals surface area (Å²) in [5.41, 5.74) is 2.67. The molecule has 118 valence electrons. The van der Waals surface area contributed by atoms with E-state index >= 15 is 0 Å². The van der Waals surface area contributed by atoms with Crippen LogP contribution in [0.4, 0.5) is 0 Å². The molecular formula is C16H17N5O2. The zero-order chi connectivity index (χ0) is 16.6. The average Bonchev–Trinajstić information content (AvgIpc) is 2.86. The van der Waals surface area contributed by atoms with Crippen molar-refractivity contribution in [3.8, 4) is 0 Å². The molecule has 0 radical (unpaired) electrons. The Bertz CT molecular complexity index is 955. The molecule has 1 aromatic carbocycles. The first-order valence-electron chi connectivity index (χ1n) is 7.19. The summed E-state index contributed by atoms with van der Waals surface area (Å²) in [5, 5.41) is 7.58. The smallest absolute Gasteiger partial charge is 0.260 e. The second-order valence-corrected chi connectivity index (χ2v) is 5.48. The lowest BCUT2D eigenvalue weighted by atomic mass is 10.1. The zero-order valence-electron chi connectivity index (χ0n) is 13.2. The monoisotopic (exact) mass is 311 g/mol. The molecule has 0 aliphatic carbocycles. The van der Waals surface area contributed by atoms with Crippen LogP contribution in [0.25, 0.3) is 10.9 Å². The van der Waals surface area contributed by atoms with Gasteiger partial charge in [-0.3, -0.25) is 14.3 Å². The minimum Gasteiger partial charge on any atom is -0.346 e. The highest BCUT2D eigenvalue weighted by Gasteiger charge is 2.10. The molecule has 7 nitrogen and oxygen atoms in total. The molecule has 23 heavy (non-hydrogen) atoms. The zero-order valence-corrected chi connectivity index (χ0v) is 13.2. The fraction of sp³-hybridized carbons (Fsp3) is 0.250. The molecule has 3 aromatic rings. The summed E-state index contributed by atoms with van der Waals surface area (Å²) in [7, 11) is 3.48. The minimum absolute atomic E-state index is 0.132. The molecule has 0 saturated heterocycles. The molecule has 1 amide bonds. The molecule has 3 rings (SSSR count). The number of carbonyl (C=O) groups excluding carboxylic acids is 1. The van der Waals surface area contributed by atoms with Crippen LogP contribution in [0.2, 0.25) is 0 Å². The summed E-state index contributed by atoms with van der Waals surface area (Å²) in [4.78, 5) is 28.4. The van der Waals surface area contributed by atoms with Crippen LogP contribution in [0.3, 0.4) is 0 Å². The number of nitrogens with one attached hydrogen (secondary N) is 1. The Hall–Kier alpha value is -2.96. The average molecular weight is 311 g/mol. The first-order valence-corrected chi connectivity index (χ1v) is 7.19. The number of fused-ring (bicyclic) bond motifs is 1. The maximum atomic E-state index is 12.3. The van der Waals surface area contributed by atoms with Gasteiger partial charge in [0.25, 0.3) is 11.5 Å². The van der Waals surface area contributed by atoms with Crippen LogP contribution in [-0.4, -0.2) is 25.2 Å². The van der Waals surface area contributed by atoms with Crippen molar-refractivity contribution in [2.75, 3.05) is 0 Å². The standard InChI is InChI=1S/C16H17N5O2/c1-10-6-12(21(3)19-10)8-17-15(22)11-4-5-13-14(7-11)18-9-20(2)16(13)23/h4-7,9H,8H2,1-3H3,(H,17,22). The first-order chi connectivity index (χ1) is 11.0. The van der Waals surface area contributed by atoms with E-state index in [4.69, 9.17) is 0 Å². The molecule has 0 fully saturated rings. The van der Waals surface area contributed by atoms with Crippen LogP contribution < -0.4 is 10.9 Å². The number of hydrogen-bond acceptors (Lipinski definition) is 4. The Labute approximate surface area is 132 Å². The molecule has 0 aliphatic heterocycles. The Balaban J connectivity index is 1.82. The number of amides is 1. The summed E-state index contributed by atoms with van der Waals surface area (Å²) in [6, 6.07) is 6.82. The van der Waals surface area contributed by atoms with Gasteiger partial charge in [-0.1, -0.05) is 0 Å². The number of nitrogens with zero attached hydrogens (tertiary/aromatic N) is 4. The normalized spacial score (nSPS) is 10.9. The van der Waals surface area contributed by atoms with Crippen molar-refractivity contribution in [2.24, 2.45) is 14.1 Å². The fourth-order valence-corrected chi connectivity index (χ4v) is 2.45. The number of aryl methyl sites for hydroxylation is 3. The van der Waals surface area contributed by atoms with Crippen LogP contribution in [-0.2, 0) is 20.6 Å². The number of rotatable bonds is 3. The van der Waals surface area contributed by atoms with Crippen LogP contribution in [0, 0.1) is 6.92 Å². The first kappa shape index (κ1) is 15.0. The van der Waals surface area contributed by atoms with Gasteiger partial charge in [0.2, 0.25) is 0 Å². The van der Waals surface area contributed by atoms with Crippen molar-refractivity contribution in [2.45, 2.75) is 13.5 Å². The van der Waals surface area contributed by atoms with Gasteiger partial charge in [-0.15, -0.1) is 0 Å². The van der Waals surface area contributed by atoms with Gasteiger partial charge in [0, 0.05) is 19.7 Å². The SMILES string of the molecule is Cc1cc(CNC(=O)c2ccc3c(=O)n(C)cnc3c2)n(C)n1. The predicted octanol–water partition coefficient (Wildman–Crippen LogP) is 0.905. The van der Waals surface area contributed by atoms with E-state index in [-0.39, 0.29) is 11.5 Å². The van der Waals surface area contributed by atoms with Crippen molar-refractivity contribution in [3.63, 3.8) is 0 Å². The molecule has 2 aromatic heterocycles. The topological polar surface area (TPSA) is 81.8 Å². The van der Waals surface area contributed by atoms with Crippen molar-refractivity contribution in [1.29, 1.82) is 0 Å². The molecule has 0 aliphatic rings.